The largest absolute Gasteiger partial charge is 0.338 e. The molecule has 0 radical (unpaired) electrons. The summed E-state index contributed by atoms with van der Waals surface area (Å²) in [6.07, 6.45) is 7.76. The van der Waals surface area contributed by atoms with Crippen molar-refractivity contribution in [1.29, 1.82) is 0 Å². The summed E-state index contributed by atoms with van der Waals surface area (Å²) < 4.78 is 2.30. The zero-order chi connectivity index (χ0) is 16.5. The second-order valence-corrected chi connectivity index (χ2v) is 7.27. The van der Waals surface area contributed by atoms with E-state index in [9.17, 15) is 4.79 Å². The van der Waals surface area contributed by atoms with Crippen molar-refractivity contribution in [2.24, 2.45) is 5.92 Å². The predicted molar refractivity (Wildman–Crippen MR) is 94.6 cm³/mol. The van der Waals surface area contributed by atoms with Crippen molar-refractivity contribution in [2.45, 2.75) is 45.1 Å². The number of aryl methyl sites for hydroxylation is 1. The van der Waals surface area contributed by atoms with Crippen LogP contribution in [0.3, 0.4) is 0 Å². The molecule has 4 rings (SSSR count). The smallest absolute Gasteiger partial charge is 0.222 e. The molecule has 1 aliphatic heterocycles. The summed E-state index contributed by atoms with van der Waals surface area (Å²) in [5.41, 5.74) is 2.31. The van der Waals surface area contributed by atoms with Gasteiger partial charge in [-0.3, -0.25) is 4.79 Å². The van der Waals surface area contributed by atoms with Gasteiger partial charge in [0.1, 0.15) is 5.82 Å². The molecule has 1 saturated carbocycles. The molecule has 0 bridgehead atoms. The molecule has 0 atom stereocenters. The summed E-state index contributed by atoms with van der Waals surface area (Å²) in [5, 5.41) is 0. The second kappa shape index (κ2) is 6.42. The standard InChI is InChI=1S/C20H25N3O/c1-15-12-21-20(17-9-3-2-4-10-17)23(15)18-13-22(14-18)19(24)11-16-7-5-6-8-16/h2-4,9-10,12,16,18H,5-8,11,13-14H2,1H3. The lowest BCUT2D eigenvalue weighted by atomic mass is 10.0. The van der Waals surface area contributed by atoms with Gasteiger partial charge in [0.2, 0.25) is 5.91 Å². The summed E-state index contributed by atoms with van der Waals surface area (Å²) in [6.45, 7) is 3.74. The molecule has 1 aromatic heterocycles. The van der Waals surface area contributed by atoms with E-state index in [-0.39, 0.29) is 0 Å². The number of carbonyl (C=O) groups is 1. The number of likely N-dealkylation sites (tertiary alicyclic amines) is 1. The van der Waals surface area contributed by atoms with E-state index in [4.69, 9.17) is 0 Å². The zero-order valence-electron chi connectivity index (χ0n) is 14.3. The van der Waals surface area contributed by atoms with Crippen LogP contribution >= 0.6 is 0 Å². The molecule has 24 heavy (non-hydrogen) atoms. The van der Waals surface area contributed by atoms with Crippen molar-refractivity contribution in [3.63, 3.8) is 0 Å². The third-order valence-electron chi connectivity index (χ3n) is 5.53. The van der Waals surface area contributed by atoms with E-state index < -0.39 is 0 Å². The number of hydrogen-bond donors (Lipinski definition) is 0. The fraction of sp³-hybridized carbons (Fsp3) is 0.500. The van der Waals surface area contributed by atoms with Crippen LogP contribution in [0.1, 0.15) is 43.8 Å². The molecule has 0 unspecified atom stereocenters. The molecule has 2 heterocycles. The Morgan fingerprint density at radius 1 is 1.17 bits per heavy atom. The fourth-order valence-corrected chi connectivity index (χ4v) is 4.12. The van der Waals surface area contributed by atoms with Crippen LogP contribution in [0.25, 0.3) is 11.4 Å². The molecular formula is C20H25N3O. The number of nitrogens with zero attached hydrogens (tertiary/aromatic N) is 3. The predicted octanol–water partition coefficient (Wildman–Crippen LogP) is 3.82. The third kappa shape index (κ3) is 2.85. The van der Waals surface area contributed by atoms with Crippen molar-refractivity contribution in [2.75, 3.05) is 13.1 Å². The van der Waals surface area contributed by atoms with Crippen LogP contribution < -0.4 is 0 Å². The first-order chi connectivity index (χ1) is 11.7. The number of aromatic nitrogens is 2. The Balaban J connectivity index is 1.43. The summed E-state index contributed by atoms with van der Waals surface area (Å²) in [5.74, 6) is 1.99. The minimum absolute atomic E-state index is 0.345. The van der Waals surface area contributed by atoms with E-state index in [2.05, 4.69) is 28.6 Å². The van der Waals surface area contributed by atoms with Crippen molar-refractivity contribution < 1.29 is 4.79 Å². The van der Waals surface area contributed by atoms with Crippen LogP contribution in [0.4, 0.5) is 0 Å². The van der Waals surface area contributed by atoms with Gasteiger partial charge in [-0.2, -0.15) is 0 Å². The van der Waals surface area contributed by atoms with Crippen molar-refractivity contribution >= 4 is 5.91 Å². The quantitative estimate of drug-likeness (QED) is 0.858. The maximum absolute atomic E-state index is 12.4. The molecule has 1 aromatic carbocycles. The van der Waals surface area contributed by atoms with Gasteiger partial charge in [0.15, 0.2) is 0 Å². The molecule has 0 N–H and O–H groups in total. The number of amides is 1. The average molecular weight is 323 g/mol. The first kappa shape index (κ1) is 15.4. The fourth-order valence-electron chi connectivity index (χ4n) is 4.12. The molecule has 2 aliphatic rings. The summed E-state index contributed by atoms with van der Waals surface area (Å²) in [4.78, 5) is 19.1. The monoisotopic (exact) mass is 323 g/mol. The molecule has 1 saturated heterocycles. The normalized spacial score (nSPS) is 18.8. The van der Waals surface area contributed by atoms with Crippen LogP contribution in [-0.4, -0.2) is 33.4 Å². The van der Waals surface area contributed by atoms with Gasteiger partial charge in [-0.25, -0.2) is 4.98 Å². The Morgan fingerprint density at radius 2 is 1.88 bits per heavy atom. The Morgan fingerprint density at radius 3 is 2.58 bits per heavy atom. The van der Waals surface area contributed by atoms with Crippen molar-refractivity contribution in [3.8, 4) is 11.4 Å². The zero-order valence-corrected chi connectivity index (χ0v) is 14.3. The molecule has 4 nitrogen and oxygen atoms in total. The number of imidazole rings is 1. The van der Waals surface area contributed by atoms with Gasteiger partial charge >= 0.3 is 0 Å². The average Bonchev–Trinajstić information content (AvgIpc) is 3.18. The maximum atomic E-state index is 12.4. The summed E-state index contributed by atoms with van der Waals surface area (Å²) in [6, 6.07) is 10.7. The van der Waals surface area contributed by atoms with Gasteiger partial charge in [0, 0.05) is 37.0 Å². The van der Waals surface area contributed by atoms with Gasteiger partial charge in [-0.15, -0.1) is 0 Å². The van der Waals surface area contributed by atoms with Gasteiger partial charge in [-0.05, 0) is 25.7 Å². The van der Waals surface area contributed by atoms with Crippen molar-refractivity contribution in [3.05, 3.63) is 42.2 Å². The summed E-state index contributed by atoms with van der Waals surface area (Å²) in [7, 11) is 0. The molecule has 2 fully saturated rings. The highest BCUT2D eigenvalue weighted by atomic mass is 16.2. The highest BCUT2D eigenvalue weighted by molar-refractivity contribution is 5.77. The lowest BCUT2D eigenvalue weighted by Gasteiger charge is -2.41. The lowest BCUT2D eigenvalue weighted by Crippen LogP contribution is -2.51. The minimum Gasteiger partial charge on any atom is -0.338 e. The Kier molecular flexibility index (Phi) is 4.13. The van der Waals surface area contributed by atoms with Gasteiger partial charge in [0.25, 0.3) is 0 Å². The topological polar surface area (TPSA) is 38.1 Å². The Labute approximate surface area is 143 Å². The van der Waals surface area contributed by atoms with E-state index >= 15 is 0 Å². The molecule has 0 spiro atoms. The Hall–Kier alpha value is -2.10. The second-order valence-electron chi connectivity index (χ2n) is 7.27. The number of benzene rings is 1. The van der Waals surface area contributed by atoms with Crippen LogP contribution in [0.15, 0.2) is 36.5 Å². The number of rotatable bonds is 4. The van der Waals surface area contributed by atoms with Gasteiger partial charge in [-0.1, -0.05) is 43.2 Å². The summed E-state index contributed by atoms with van der Waals surface area (Å²) >= 11 is 0. The first-order valence-electron chi connectivity index (χ1n) is 9.09. The highest BCUT2D eigenvalue weighted by Gasteiger charge is 2.34. The van der Waals surface area contributed by atoms with Gasteiger partial charge in [0.05, 0.1) is 6.04 Å². The van der Waals surface area contributed by atoms with Crippen LogP contribution in [-0.2, 0) is 4.79 Å². The van der Waals surface area contributed by atoms with Crippen LogP contribution in [0, 0.1) is 12.8 Å². The van der Waals surface area contributed by atoms with E-state index in [1.807, 2.05) is 29.3 Å². The van der Waals surface area contributed by atoms with Crippen LogP contribution in [0.5, 0.6) is 0 Å². The highest BCUT2D eigenvalue weighted by Crippen LogP contribution is 2.32. The van der Waals surface area contributed by atoms with Gasteiger partial charge < -0.3 is 9.47 Å². The minimum atomic E-state index is 0.345. The molecule has 4 heteroatoms. The van der Waals surface area contributed by atoms with Crippen LogP contribution in [0.2, 0.25) is 0 Å². The molecular weight excluding hydrogens is 298 g/mol. The Bertz CT molecular complexity index is 710. The van der Waals surface area contributed by atoms with E-state index in [1.54, 1.807) is 0 Å². The SMILES string of the molecule is Cc1cnc(-c2ccccc2)n1C1CN(C(=O)CC2CCCC2)C1. The molecule has 2 aromatic rings. The van der Waals surface area contributed by atoms with E-state index in [1.165, 1.54) is 31.4 Å². The molecule has 1 aliphatic carbocycles. The molecule has 1 amide bonds. The lowest BCUT2D eigenvalue weighted by molar-refractivity contribution is -0.137. The van der Waals surface area contributed by atoms with E-state index in [0.717, 1.165) is 30.9 Å². The maximum Gasteiger partial charge on any atom is 0.222 e. The molecule has 126 valence electrons. The number of hydrogen-bond acceptors (Lipinski definition) is 2. The van der Waals surface area contributed by atoms with Crippen molar-refractivity contribution in [1.82, 2.24) is 14.5 Å². The first-order valence-corrected chi connectivity index (χ1v) is 9.09. The third-order valence-corrected chi connectivity index (χ3v) is 5.53. The van der Waals surface area contributed by atoms with E-state index in [0.29, 0.717) is 17.9 Å². The number of carbonyl (C=O) groups excluding carboxylic acids is 1.